The Morgan fingerprint density at radius 3 is 1.54 bits per heavy atom. The van der Waals surface area contributed by atoms with Crippen molar-refractivity contribution in [3.8, 4) is 0 Å². The average molecular weight is 1030 g/mol. The van der Waals surface area contributed by atoms with Crippen LogP contribution in [0.1, 0.15) is 141 Å². The summed E-state index contributed by atoms with van der Waals surface area (Å²) in [5.41, 5.74) is 16.0. The minimum absolute atomic E-state index is 0.108. The fraction of sp³-hybridized carbons (Fsp3) is 0.319. The first kappa shape index (κ1) is 48.8. The van der Waals surface area contributed by atoms with Crippen molar-refractivity contribution >= 4 is 94.2 Å². The van der Waals surface area contributed by atoms with E-state index in [1.54, 1.807) is 59.8 Å². The summed E-state index contributed by atoms with van der Waals surface area (Å²) in [6.45, 7) is 8.83. The molecule has 3 unspecified atom stereocenters. The number of ether oxygens (including phenoxy) is 3. The van der Waals surface area contributed by atoms with E-state index in [0.29, 0.717) is 19.3 Å². The molecule has 0 N–H and O–H groups in total. The van der Waals surface area contributed by atoms with Gasteiger partial charge in [-0.1, -0.05) is 167 Å². The van der Waals surface area contributed by atoms with Gasteiger partial charge in [-0.3, -0.25) is 14.4 Å². The van der Waals surface area contributed by atoms with Gasteiger partial charge in [0.2, 0.25) is 0 Å². The number of esters is 3. The van der Waals surface area contributed by atoms with Crippen molar-refractivity contribution in [1.29, 1.82) is 0 Å². The maximum absolute atomic E-state index is 12.6. The Hall–Kier alpha value is -7.57. The molecule has 0 bridgehead atoms. The number of hydrogen-bond donors (Lipinski definition) is 0. The van der Waals surface area contributed by atoms with Crippen LogP contribution in [0.5, 0.6) is 0 Å². The molecule has 78 heavy (non-hydrogen) atoms. The van der Waals surface area contributed by atoms with Crippen LogP contribution in [0.25, 0.3) is 76.3 Å². The average Bonchev–Trinajstić information content (AvgIpc) is 1.62. The standard InChI is InChI=1S/C44H26O2.2C14H20O2/c1-46-28(45)8-5-12-43(27-6-3-2-4-7-27)42-13-11-22-16-25-17-23-14-20-9-10-21-15-24-18-26(19-42)34-33(24)36-30(21)29(20)35-31(23)32(25)38-39(37(35)36)41(34)44(42,43)40(22)38;2*1-14(2,11-7-10-13(15)16-3)12-8-5-4-6-9-12/h2-4,6-7,9-11,13-16,19H,5,8,12,17-18H2,1H3;2*4-6,8-9H,7,10-11H2,1-3H3. The summed E-state index contributed by atoms with van der Waals surface area (Å²) in [5, 5.41) is 18.2. The second kappa shape index (κ2) is 17.2. The Labute approximate surface area is 456 Å². The SMILES string of the molecule is COC(=O)CCCC(C)(C)c1ccccc1.COC(=O)CCCC(C)(C)c1ccccc1.COC(=O)CCCC1(c2ccccc2)C23C=Cc4cc5c6c7c4C21c1c2c4c(cc8ccc9cc(c6c6c9c8c4c6c17)C5)CC2=C3. The van der Waals surface area contributed by atoms with Crippen molar-refractivity contribution in [3.63, 3.8) is 0 Å². The third-order valence-corrected chi connectivity index (χ3v) is 20.0. The second-order valence-corrected chi connectivity index (χ2v) is 24.6. The molecule has 10 aromatic carbocycles. The number of rotatable bonds is 15. The Kier molecular flexibility index (Phi) is 10.8. The third-order valence-electron chi connectivity index (χ3n) is 20.0. The van der Waals surface area contributed by atoms with Crippen molar-refractivity contribution in [2.45, 2.75) is 120 Å². The van der Waals surface area contributed by atoms with Crippen LogP contribution in [-0.2, 0) is 63.1 Å². The zero-order chi connectivity index (χ0) is 53.7. The summed E-state index contributed by atoms with van der Waals surface area (Å²) in [5.74, 6) is -0.351. The Balaban J connectivity index is 0.000000143. The Morgan fingerprint density at radius 1 is 0.500 bits per heavy atom. The van der Waals surface area contributed by atoms with E-state index >= 15 is 0 Å². The second-order valence-electron chi connectivity index (χ2n) is 24.6. The fourth-order valence-corrected chi connectivity index (χ4v) is 16.8. The van der Waals surface area contributed by atoms with Crippen LogP contribution in [0, 0.1) is 5.41 Å². The van der Waals surface area contributed by atoms with Crippen LogP contribution >= 0.6 is 0 Å². The smallest absolute Gasteiger partial charge is 0.305 e. The fourth-order valence-electron chi connectivity index (χ4n) is 16.8. The minimum Gasteiger partial charge on any atom is -0.469 e. The number of benzene rings is 9. The molecule has 16 rings (SSSR count). The summed E-state index contributed by atoms with van der Waals surface area (Å²) in [6, 6.07) is 44.6. The largest absolute Gasteiger partial charge is 0.469 e. The van der Waals surface area contributed by atoms with Crippen LogP contribution < -0.4 is 0 Å². The molecular formula is C72H66O6. The summed E-state index contributed by atoms with van der Waals surface area (Å²) >= 11 is 0. The Morgan fingerprint density at radius 2 is 0.974 bits per heavy atom. The van der Waals surface area contributed by atoms with Gasteiger partial charge in [0.15, 0.2) is 0 Å². The molecule has 6 aliphatic rings. The van der Waals surface area contributed by atoms with Crippen molar-refractivity contribution in [3.05, 3.63) is 189 Å². The number of allylic oxidation sites excluding steroid dienone is 3. The highest BCUT2D eigenvalue weighted by Crippen LogP contribution is 2.91. The summed E-state index contributed by atoms with van der Waals surface area (Å²) in [6.07, 6.45) is 16.8. The van der Waals surface area contributed by atoms with E-state index in [1.807, 2.05) is 12.1 Å². The van der Waals surface area contributed by atoms with E-state index in [0.717, 1.165) is 51.4 Å². The molecule has 10 aromatic rings. The number of carbonyl (C=O) groups is 3. The van der Waals surface area contributed by atoms with Gasteiger partial charge in [0.05, 0.1) is 21.3 Å². The van der Waals surface area contributed by atoms with Crippen LogP contribution in [0.15, 0.2) is 133 Å². The molecule has 6 heteroatoms. The molecule has 0 amide bonds. The molecule has 0 heterocycles. The van der Waals surface area contributed by atoms with E-state index in [1.165, 1.54) is 87.4 Å². The van der Waals surface area contributed by atoms with Gasteiger partial charge in [-0.25, -0.2) is 0 Å². The van der Waals surface area contributed by atoms with Crippen molar-refractivity contribution in [2.24, 2.45) is 5.41 Å². The first-order valence-electron chi connectivity index (χ1n) is 28.3. The van der Waals surface area contributed by atoms with Crippen LogP contribution in [0.4, 0.5) is 0 Å². The highest BCUT2D eigenvalue weighted by molar-refractivity contribution is 6.52. The molecule has 0 radical (unpaired) electrons. The normalized spacial score (nSPS) is 20.2. The van der Waals surface area contributed by atoms with Crippen molar-refractivity contribution in [1.82, 2.24) is 0 Å². The van der Waals surface area contributed by atoms with E-state index in [-0.39, 0.29) is 45.0 Å². The summed E-state index contributed by atoms with van der Waals surface area (Å²) < 4.78 is 14.4. The van der Waals surface area contributed by atoms with E-state index in [4.69, 9.17) is 4.74 Å². The van der Waals surface area contributed by atoms with Gasteiger partial charge in [0.25, 0.3) is 0 Å². The quantitative estimate of drug-likeness (QED) is 0.0578. The first-order valence-corrected chi connectivity index (χ1v) is 28.3. The van der Waals surface area contributed by atoms with Gasteiger partial charge in [-0.15, -0.1) is 0 Å². The van der Waals surface area contributed by atoms with Gasteiger partial charge in [0.1, 0.15) is 0 Å². The topological polar surface area (TPSA) is 78.9 Å². The summed E-state index contributed by atoms with van der Waals surface area (Å²) in [7, 11) is 4.39. The molecule has 6 nitrogen and oxygen atoms in total. The maximum Gasteiger partial charge on any atom is 0.305 e. The van der Waals surface area contributed by atoms with Gasteiger partial charge in [-0.2, -0.15) is 0 Å². The lowest BCUT2D eigenvalue weighted by atomic mass is 9.70. The predicted molar refractivity (Wildman–Crippen MR) is 316 cm³/mol. The van der Waals surface area contributed by atoms with Gasteiger partial charge < -0.3 is 14.2 Å². The van der Waals surface area contributed by atoms with Gasteiger partial charge >= 0.3 is 17.9 Å². The Bertz CT molecular complexity index is 4110. The molecule has 0 saturated heterocycles. The third kappa shape index (κ3) is 6.29. The molecular weight excluding hydrogens is 961 g/mol. The zero-order valence-corrected chi connectivity index (χ0v) is 46.0. The van der Waals surface area contributed by atoms with E-state index < -0.39 is 0 Å². The maximum atomic E-state index is 12.6. The van der Waals surface area contributed by atoms with Crippen LogP contribution in [0.2, 0.25) is 0 Å². The van der Waals surface area contributed by atoms with Gasteiger partial charge in [0, 0.05) is 35.5 Å². The van der Waals surface area contributed by atoms with Gasteiger partial charge in [-0.05, 0) is 188 Å². The molecule has 6 aliphatic carbocycles. The van der Waals surface area contributed by atoms with Crippen LogP contribution in [0.3, 0.4) is 0 Å². The highest BCUT2D eigenvalue weighted by atomic mass is 16.5. The van der Waals surface area contributed by atoms with E-state index in [9.17, 15) is 14.4 Å². The lowest BCUT2D eigenvalue weighted by Crippen LogP contribution is -2.25. The minimum atomic E-state index is -0.181. The molecule has 390 valence electrons. The monoisotopic (exact) mass is 1030 g/mol. The highest BCUT2D eigenvalue weighted by Gasteiger charge is 2.89. The van der Waals surface area contributed by atoms with Crippen molar-refractivity contribution < 1.29 is 28.6 Å². The molecule has 3 atom stereocenters. The molecule has 0 aliphatic heterocycles. The number of methoxy groups -OCH3 is 3. The molecule has 0 aromatic heterocycles. The van der Waals surface area contributed by atoms with E-state index in [2.05, 4.69) is 165 Å². The predicted octanol–water partition coefficient (Wildman–Crippen LogP) is 16.3. The van der Waals surface area contributed by atoms with Crippen molar-refractivity contribution in [2.75, 3.05) is 21.3 Å². The zero-order valence-electron chi connectivity index (χ0n) is 46.0. The summed E-state index contributed by atoms with van der Waals surface area (Å²) in [4.78, 5) is 34.6. The molecule has 1 spiro atoms. The number of hydrogen-bond acceptors (Lipinski definition) is 6. The number of carbonyl (C=O) groups excluding carboxylic acids is 3. The lowest BCUT2D eigenvalue weighted by molar-refractivity contribution is -0.141. The molecule has 1 saturated carbocycles. The molecule has 1 fully saturated rings. The van der Waals surface area contributed by atoms with Crippen LogP contribution in [-0.4, -0.2) is 39.2 Å². The first-order chi connectivity index (χ1) is 37.8. The lowest BCUT2D eigenvalue weighted by Gasteiger charge is -2.31.